The molecule has 2 heterocycles. The molecule has 2 N–H and O–H groups in total. The van der Waals surface area contributed by atoms with Crippen molar-refractivity contribution < 1.29 is 4.79 Å². The summed E-state index contributed by atoms with van der Waals surface area (Å²) >= 11 is 6.30. The number of urea groups is 1. The number of aromatic nitrogens is 1. The molecule has 1 aliphatic heterocycles. The molecule has 5 heteroatoms. The first kappa shape index (κ1) is 20.7. The monoisotopic (exact) mass is 443 g/mol. The SMILES string of the molecule is Cc1ccc(C2c3[nH]c4ccc(Cl)cc4c3CCN2C(=O)Nc2ccc(C)cc2C)cc1. The molecule has 1 aliphatic rings. The summed E-state index contributed by atoms with van der Waals surface area (Å²) in [6.07, 6.45) is 0.776. The van der Waals surface area contributed by atoms with Crippen LogP contribution in [0.3, 0.4) is 0 Å². The van der Waals surface area contributed by atoms with E-state index in [0.29, 0.717) is 6.54 Å². The van der Waals surface area contributed by atoms with Crippen LogP contribution in [0.15, 0.2) is 60.7 Å². The molecule has 5 rings (SSSR count). The molecule has 0 saturated heterocycles. The van der Waals surface area contributed by atoms with E-state index >= 15 is 0 Å². The van der Waals surface area contributed by atoms with Gasteiger partial charge in [-0.1, -0.05) is 59.1 Å². The van der Waals surface area contributed by atoms with E-state index in [1.807, 2.05) is 42.2 Å². The van der Waals surface area contributed by atoms with Gasteiger partial charge in [-0.25, -0.2) is 4.79 Å². The summed E-state index contributed by atoms with van der Waals surface area (Å²) in [5, 5.41) is 5.01. The van der Waals surface area contributed by atoms with Crippen molar-refractivity contribution in [3.63, 3.8) is 0 Å². The van der Waals surface area contributed by atoms with Gasteiger partial charge in [0.1, 0.15) is 0 Å². The Morgan fingerprint density at radius 3 is 2.50 bits per heavy atom. The van der Waals surface area contributed by atoms with E-state index in [2.05, 4.69) is 54.5 Å². The molecule has 3 aromatic carbocycles. The number of amides is 2. The Morgan fingerprint density at radius 1 is 1.00 bits per heavy atom. The molecule has 1 aromatic heterocycles. The lowest BCUT2D eigenvalue weighted by atomic mass is 9.92. The number of aryl methyl sites for hydroxylation is 3. The number of carbonyl (C=O) groups excluding carboxylic acids is 1. The molecule has 162 valence electrons. The Bertz CT molecular complexity index is 1320. The number of hydrogen-bond donors (Lipinski definition) is 2. The van der Waals surface area contributed by atoms with Crippen LogP contribution in [0.4, 0.5) is 10.5 Å². The molecule has 0 spiro atoms. The van der Waals surface area contributed by atoms with Crippen molar-refractivity contribution in [1.29, 1.82) is 0 Å². The van der Waals surface area contributed by atoms with Crippen LogP contribution in [0.2, 0.25) is 5.02 Å². The minimum atomic E-state index is -0.198. The van der Waals surface area contributed by atoms with Gasteiger partial charge in [0.2, 0.25) is 0 Å². The quantitative estimate of drug-likeness (QED) is 0.347. The first-order valence-electron chi connectivity index (χ1n) is 10.9. The van der Waals surface area contributed by atoms with Crippen molar-refractivity contribution in [1.82, 2.24) is 9.88 Å². The normalized spacial score (nSPS) is 15.6. The zero-order valence-electron chi connectivity index (χ0n) is 18.5. The van der Waals surface area contributed by atoms with E-state index in [0.717, 1.165) is 44.9 Å². The second-order valence-electron chi connectivity index (χ2n) is 8.71. The third-order valence-corrected chi connectivity index (χ3v) is 6.60. The zero-order valence-corrected chi connectivity index (χ0v) is 19.3. The summed E-state index contributed by atoms with van der Waals surface area (Å²) in [6, 6.07) is 20.2. The maximum Gasteiger partial charge on any atom is 0.322 e. The van der Waals surface area contributed by atoms with Crippen molar-refractivity contribution in [3.8, 4) is 0 Å². The fraction of sp³-hybridized carbons (Fsp3) is 0.222. The lowest BCUT2D eigenvalue weighted by Crippen LogP contribution is -2.43. The fourth-order valence-electron chi connectivity index (χ4n) is 4.72. The number of H-pyrrole nitrogens is 1. The molecule has 0 aliphatic carbocycles. The van der Waals surface area contributed by atoms with Crippen LogP contribution in [0, 0.1) is 20.8 Å². The van der Waals surface area contributed by atoms with Gasteiger partial charge < -0.3 is 15.2 Å². The maximum absolute atomic E-state index is 13.5. The molecule has 0 radical (unpaired) electrons. The number of nitrogens with zero attached hydrogens (tertiary/aromatic N) is 1. The summed E-state index contributed by atoms with van der Waals surface area (Å²) in [6.45, 7) is 6.78. The fourth-order valence-corrected chi connectivity index (χ4v) is 4.89. The van der Waals surface area contributed by atoms with Crippen LogP contribution in [-0.2, 0) is 6.42 Å². The number of halogens is 1. The molecular weight excluding hydrogens is 418 g/mol. The number of rotatable bonds is 2. The molecule has 4 aromatic rings. The molecule has 0 saturated carbocycles. The highest BCUT2D eigenvalue weighted by molar-refractivity contribution is 6.31. The number of carbonyl (C=O) groups is 1. The van der Waals surface area contributed by atoms with Gasteiger partial charge in [0, 0.05) is 33.9 Å². The van der Waals surface area contributed by atoms with E-state index in [9.17, 15) is 4.79 Å². The number of anilines is 1. The Morgan fingerprint density at radius 2 is 1.75 bits per heavy atom. The third kappa shape index (κ3) is 3.65. The number of aromatic amines is 1. The molecule has 1 unspecified atom stereocenters. The summed E-state index contributed by atoms with van der Waals surface area (Å²) in [5.41, 5.74) is 8.72. The lowest BCUT2D eigenvalue weighted by molar-refractivity contribution is 0.193. The van der Waals surface area contributed by atoms with E-state index in [4.69, 9.17) is 11.6 Å². The number of hydrogen-bond acceptors (Lipinski definition) is 1. The van der Waals surface area contributed by atoms with Gasteiger partial charge >= 0.3 is 6.03 Å². The second kappa shape index (κ2) is 8.03. The average molecular weight is 444 g/mol. The minimum absolute atomic E-state index is 0.0927. The van der Waals surface area contributed by atoms with Gasteiger partial charge in [-0.3, -0.25) is 0 Å². The molecule has 0 bridgehead atoms. The number of nitrogens with one attached hydrogen (secondary N) is 2. The third-order valence-electron chi connectivity index (χ3n) is 6.37. The molecule has 32 heavy (non-hydrogen) atoms. The highest BCUT2D eigenvalue weighted by Crippen LogP contribution is 2.39. The standard InChI is InChI=1S/C27H26ClN3O/c1-16-4-7-19(8-5-16)26-25-21(22-15-20(28)9-11-24(22)29-25)12-13-31(26)27(32)30-23-10-6-17(2)14-18(23)3/h4-11,14-15,26,29H,12-13H2,1-3H3,(H,30,32). The average Bonchev–Trinajstić information content (AvgIpc) is 3.13. The largest absolute Gasteiger partial charge is 0.356 e. The summed E-state index contributed by atoms with van der Waals surface area (Å²) in [7, 11) is 0. The van der Waals surface area contributed by atoms with Crippen LogP contribution in [0.25, 0.3) is 10.9 Å². The van der Waals surface area contributed by atoms with Crippen LogP contribution in [0.5, 0.6) is 0 Å². The van der Waals surface area contributed by atoms with Crippen LogP contribution in [0.1, 0.15) is 39.6 Å². The van der Waals surface area contributed by atoms with Gasteiger partial charge in [-0.05, 0) is 68.1 Å². The number of fused-ring (bicyclic) bond motifs is 3. The van der Waals surface area contributed by atoms with Gasteiger partial charge in [-0.2, -0.15) is 0 Å². The van der Waals surface area contributed by atoms with E-state index in [-0.39, 0.29) is 12.1 Å². The van der Waals surface area contributed by atoms with Crippen molar-refractivity contribution >= 4 is 34.2 Å². The van der Waals surface area contributed by atoms with Crippen molar-refractivity contribution in [3.05, 3.63) is 99.2 Å². The predicted octanol–water partition coefficient (Wildman–Crippen LogP) is 6.93. The Balaban J connectivity index is 1.58. The summed E-state index contributed by atoms with van der Waals surface area (Å²) in [4.78, 5) is 19.0. The van der Waals surface area contributed by atoms with Gasteiger partial charge in [-0.15, -0.1) is 0 Å². The first-order chi connectivity index (χ1) is 15.4. The Hall–Kier alpha value is -3.24. The lowest BCUT2D eigenvalue weighted by Gasteiger charge is -2.36. The van der Waals surface area contributed by atoms with Gasteiger partial charge in [0.25, 0.3) is 0 Å². The first-order valence-corrected chi connectivity index (χ1v) is 11.3. The van der Waals surface area contributed by atoms with Gasteiger partial charge in [0.05, 0.1) is 6.04 Å². The molecule has 4 nitrogen and oxygen atoms in total. The second-order valence-corrected chi connectivity index (χ2v) is 9.15. The van der Waals surface area contributed by atoms with Crippen LogP contribution < -0.4 is 5.32 Å². The van der Waals surface area contributed by atoms with Crippen LogP contribution in [-0.4, -0.2) is 22.5 Å². The van der Waals surface area contributed by atoms with E-state index in [1.165, 1.54) is 16.7 Å². The summed E-state index contributed by atoms with van der Waals surface area (Å²) in [5.74, 6) is 0. The predicted molar refractivity (Wildman–Crippen MR) is 132 cm³/mol. The van der Waals surface area contributed by atoms with Crippen molar-refractivity contribution in [2.75, 3.05) is 11.9 Å². The molecule has 2 amide bonds. The maximum atomic E-state index is 13.5. The smallest absolute Gasteiger partial charge is 0.322 e. The van der Waals surface area contributed by atoms with Crippen LogP contribution >= 0.6 is 11.6 Å². The van der Waals surface area contributed by atoms with E-state index in [1.54, 1.807) is 0 Å². The van der Waals surface area contributed by atoms with E-state index < -0.39 is 0 Å². The highest BCUT2D eigenvalue weighted by Gasteiger charge is 2.34. The zero-order chi connectivity index (χ0) is 22.4. The topological polar surface area (TPSA) is 48.1 Å². The molecular formula is C27H26ClN3O. The Kier molecular flexibility index (Phi) is 5.18. The van der Waals surface area contributed by atoms with Crippen molar-refractivity contribution in [2.45, 2.75) is 33.2 Å². The van der Waals surface area contributed by atoms with Crippen molar-refractivity contribution in [2.24, 2.45) is 0 Å². The molecule has 0 fully saturated rings. The molecule has 1 atom stereocenters. The summed E-state index contributed by atoms with van der Waals surface area (Å²) < 4.78 is 0. The van der Waals surface area contributed by atoms with Gasteiger partial charge in [0.15, 0.2) is 0 Å². The number of benzene rings is 3. The Labute approximate surface area is 193 Å². The minimum Gasteiger partial charge on any atom is -0.356 e. The highest BCUT2D eigenvalue weighted by atomic mass is 35.5.